The van der Waals surface area contributed by atoms with Gasteiger partial charge in [0, 0.05) is 6.42 Å². The molecule has 2 N–H and O–H groups in total. The Balaban J connectivity index is 2.84. The molecule has 0 radical (unpaired) electrons. The number of carbonyl (C=O) groups excluding carboxylic acids is 1. The number of carbonyl (C=O) groups is 1. The molecular weight excluding hydrogens is 252 g/mol. The molecule has 0 saturated carbocycles. The van der Waals surface area contributed by atoms with Crippen LogP contribution in [0.1, 0.15) is 34.1 Å². The van der Waals surface area contributed by atoms with Gasteiger partial charge in [0.1, 0.15) is 5.60 Å². The number of aliphatic hydroxyl groups is 1. The maximum atomic E-state index is 12.0. The number of esters is 1. The maximum Gasteiger partial charge on any atom is 0.331 e. The van der Waals surface area contributed by atoms with Crippen LogP contribution in [0.3, 0.4) is 0 Å². The summed E-state index contributed by atoms with van der Waals surface area (Å²) in [6, 6.07) is -0.551. The minimum atomic E-state index is -0.551. The summed E-state index contributed by atoms with van der Waals surface area (Å²) < 4.78 is 5.34. The van der Waals surface area contributed by atoms with Gasteiger partial charge in [0.25, 0.3) is 0 Å². The van der Waals surface area contributed by atoms with Crippen molar-refractivity contribution in [2.45, 2.75) is 51.3 Å². The Hall–Kier alpha value is -0.750. The van der Waals surface area contributed by atoms with Crippen molar-refractivity contribution in [1.82, 2.24) is 5.32 Å². The van der Waals surface area contributed by atoms with Crippen LogP contribution in [0.15, 0.2) is 4.99 Å². The van der Waals surface area contributed by atoms with Crippen molar-refractivity contribution in [2.75, 3.05) is 12.9 Å². The molecule has 1 rings (SSSR count). The van der Waals surface area contributed by atoms with Gasteiger partial charge < -0.3 is 15.2 Å². The second-order valence-electron chi connectivity index (χ2n) is 5.74. The number of aliphatic hydroxyl groups excluding tert-OH is 1. The maximum absolute atomic E-state index is 12.0. The standard InChI is InChI=1S/C12H22N2O3S/c1-11(2,3)17-9(16)8-6-12(4,7-15)14-10(13-8)18-5/h8,15H,6-7H2,1-5H3,(H,13,14)/t8-,12+/m0/s1. The van der Waals surface area contributed by atoms with Gasteiger partial charge in [0.05, 0.1) is 12.1 Å². The molecule has 0 aromatic rings. The van der Waals surface area contributed by atoms with Crippen LogP contribution in [-0.4, -0.2) is 46.3 Å². The first-order chi connectivity index (χ1) is 8.19. The monoisotopic (exact) mass is 274 g/mol. The van der Waals surface area contributed by atoms with E-state index in [0.717, 1.165) is 0 Å². The number of rotatable bonds is 2. The quantitative estimate of drug-likeness (QED) is 0.739. The Bertz CT molecular complexity index is 352. The van der Waals surface area contributed by atoms with Gasteiger partial charge in [-0.25, -0.2) is 9.79 Å². The summed E-state index contributed by atoms with van der Waals surface area (Å²) in [4.78, 5) is 16.3. The van der Waals surface area contributed by atoms with E-state index in [-0.39, 0.29) is 12.6 Å². The van der Waals surface area contributed by atoms with E-state index in [1.54, 1.807) is 0 Å². The molecule has 2 atom stereocenters. The van der Waals surface area contributed by atoms with Gasteiger partial charge in [-0.15, -0.1) is 0 Å². The van der Waals surface area contributed by atoms with Gasteiger partial charge in [-0.1, -0.05) is 11.8 Å². The van der Waals surface area contributed by atoms with E-state index in [2.05, 4.69) is 10.3 Å². The van der Waals surface area contributed by atoms with Crippen LogP contribution in [0, 0.1) is 0 Å². The summed E-state index contributed by atoms with van der Waals surface area (Å²) in [7, 11) is 0. The second kappa shape index (κ2) is 5.48. The van der Waals surface area contributed by atoms with Crippen molar-refractivity contribution in [1.29, 1.82) is 0 Å². The minimum Gasteiger partial charge on any atom is -0.458 e. The lowest BCUT2D eigenvalue weighted by molar-refractivity contribution is -0.157. The molecule has 0 aromatic carbocycles. The van der Waals surface area contributed by atoms with Gasteiger partial charge in [-0.3, -0.25) is 0 Å². The summed E-state index contributed by atoms with van der Waals surface area (Å²) in [5, 5.41) is 13.2. The van der Waals surface area contributed by atoms with Crippen LogP contribution in [0.2, 0.25) is 0 Å². The Labute approximate surface area is 112 Å². The van der Waals surface area contributed by atoms with Crippen LogP contribution < -0.4 is 5.32 Å². The highest BCUT2D eigenvalue weighted by Crippen LogP contribution is 2.23. The number of hydrogen-bond acceptors (Lipinski definition) is 6. The van der Waals surface area contributed by atoms with Crippen molar-refractivity contribution in [3.63, 3.8) is 0 Å². The van der Waals surface area contributed by atoms with E-state index < -0.39 is 17.2 Å². The van der Waals surface area contributed by atoms with E-state index >= 15 is 0 Å². The van der Waals surface area contributed by atoms with Crippen LogP contribution in [0.5, 0.6) is 0 Å². The number of thioether (sulfide) groups is 1. The molecule has 104 valence electrons. The molecule has 1 heterocycles. The zero-order valence-corrected chi connectivity index (χ0v) is 12.4. The highest BCUT2D eigenvalue weighted by atomic mass is 32.2. The van der Waals surface area contributed by atoms with Crippen molar-refractivity contribution in [2.24, 2.45) is 4.99 Å². The highest BCUT2D eigenvalue weighted by Gasteiger charge is 2.37. The van der Waals surface area contributed by atoms with E-state index in [1.165, 1.54) is 11.8 Å². The summed E-state index contributed by atoms with van der Waals surface area (Å²) in [6.07, 6.45) is 2.31. The summed E-state index contributed by atoms with van der Waals surface area (Å²) in [5.74, 6) is -0.338. The van der Waals surface area contributed by atoms with Gasteiger partial charge in [0.15, 0.2) is 11.2 Å². The van der Waals surface area contributed by atoms with Crippen molar-refractivity contribution >= 4 is 22.9 Å². The number of hydrogen-bond donors (Lipinski definition) is 2. The van der Waals surface area contributed by atoms with Crippen molar-refractivity contribution < 1.29 is 14.6 Å². The van der Waals surface area contributed by atoms with Gasteiger partial charge in [0.2, 0.25) is 0 Å². The fourth-order valence-electron chi connectivity index (χ4n) is 1.67. The van der Waals surface area contributed by atoms with Gasteiger partial charge in [-0.2, -0.15) is 0 Å². The van der Waals surface area contributed by atoms with Gasteiger partial charge >= 0.3 is 5.97 Å². The third-order valence-electron chi connectivity index (χ3n) is 2.55. The third kappa shape index (κ3) is 4.17. The first-order valence-electron chi connectivity index (χ1n) is 5.93. The molecule has 0 aliphatic carbocycles. The number of nitrogens with one attached hydrogen (secondary N) is 1. The third-order valence-corrected chi connectivity index (χ3v) is 3.14. The average molecular weight is 274 g/mol. The lowest BCUT2D eigenvalue weighted by atomic mass is 9.93. The lowest BCUT2D eigenvalue weighted by Gasteiger charge is -2.36. The molecular formula is C12H22N2O3S. The first-order valence-corrected chi connectivity index (χ1v) is 7.15. The predicted octanol–water partition coefficient (Wildman–Crippen LogP) is 1.16. The fourth-order valence-corrected chi connectivity index (χ4v) is 2.25. The Morgan fingerprint density at radius 1 is 1.67 bits per heavy atom. The summed E-state index contributed by atoms with van der Waals surface area (Å²) >= 11 is 1.42. The Morgan fingerprint density at radius 3 is 2.72 bits per heavy atom. The number of ether oxygens (including phenoxy) is 1. The molecule has 0 fully saturated rings. The SMILES string of the molecule is CSC1=N[C@H](C(=O)OC(C)(C)C)C[C@](C)(CO)N1. The molecule has 0 aromatic heterocycles. The molecule has 1 aliphatic heterocycles. The second-order valence-corrected chi connectivity index (χ2v) is 6.53. The molecule has 0 unspecified atom stereocenters. The van der Waals surface area contributed by atoms with Crippen LogP contribution in [-0.2, 0) is 9.53 Å². The molecule has 5 nitrogen and oxygen atoms in total. The van der Waals surface area contributed by atoms with Crippen LogP contribution in [0.25, 0.3) is 0 Å². The zero-order chi connectivity index (χ0) is 14.0. The number of nitrogens with zero attached hydrogens (tertiary/aromatic N) is 1. The van der Waals surface area contributed by atoms with Crippen LogP contribution >= 0.6 is 11.8 Å². The lowest BCUT2D eigenvalue weighted by Crippen LogP contribution is -2.55. The van der Waals surface area contributed by atoms with Gasteiger partial charge in [-0.05, 0) is 34.0 Å². The molecule has 0 saturated heterocycles. The summed E-state index contributed by atoms with van der Waals surface area (Å²) in [5.41, 5.74) is -1.05. The molecule has 0 spiro atoms. The molecule has 0 amide bonds. The number of aliphatic imine (C=N–C) groups is 1. The van der Waals surface area contributed by atoms with E-state index in [0.29, 0.717) is 11.6 Å². The average Bonchev–Trinajstić information content (AvgIpc) is 2.26. The molecule has 0 bridgehead atoms. The van der Waals surface area contributed by atoms with Crippen LogP contribution in [0.4, 0.5) is 0 Å². The Kier molecular flexibility index (Phi) is 4.66. The summed E-state index contributed by atoms with van der Waals surface area (Å²) in [6.45, 7) is 7.31. The first kappa shape index (κ1) is 15.3. The van der Waals surface area contributed by atoms with Crippen molar-refractivity contribution in [3.8, 4) is 0 Å². The fraction of sp³-hybridized carbons (Fsp3) is 0.833. The predicted molar refractivity (Wildman–Crippen MR) is 73.8 cm³/mol. The number of amidine groups is 1. The zero-order valence-electron chi connectivity index (χ0n) is 11.6. The molecule has 1 aliphatic rings. The Morgan fingerprint density at radius 2 is 2.28 bits per heavy atom. The topological polar surface area (TPSA) is 70.9 Å². The van der Waals surface area contributed by atoms with E-state index in [4.69, 9.17) is 4.74 Å². The van der Waals surface area contributed by atoms with E-state index in [1.807, 2.05) is 34.0 Å². The normalized spacial score (nSPS) is 28.3. The van der Waals surface area contributed by atoms with E-state index in [9.17, 15) is 9.90 Å². The molecule has 6 heteroatoms. The highest BCUT2D eigenvalue weighted by molar-refractivity contribution is 8.13. The largest absolute Gasteiger partial charge is 0.458 e. The smallest absolute Gasteiger partial charge is 0.331 e. The minimum absolute atomic E-state index is 0.0497. The molecule has 18 heavy (non-hydrogen) atoms. The van der Waals surface area contributed by atoms with Crippen molar-refractivity contribution in [3.05, 3.63) is 0 Å².